The fourth-order valence-electron chi connectivity index (χ4n) is 3.57. The van der Waals surface area contributed by atoms with Gasteiger partial charge >= 0.3 is 5.97 Å². The van der Waals surface area contributed by atoms with Crippen molar-refractivity contribution in [3.8, 4) is 0 Å². The molecule has 0 radical (unpaired) electrons. The predicted molar refractivity (Wildman–Crippen MR) is 137 cm³/mol. The quantitative estimate of drug-likeness (QED) is 0.302. The highest BCUT2D eigenvalue weighted by Crippen LogP contribution is 2.29. The van der Waals surface area contributed by atoms with Crippen molar-refractivity contribution in [1.82, 2.24) is 14.6 Å². The molecule has 0 aliphatic heterocycles. The first-order valence-corrected chi connectivity index (χ1v) is 11.6. The highest BCUT2D eigenvalue weighted by atomic mass is 16.5. The van der Waals surface area contributed by atoms with Crippen LogP contribution in [0.15, 0.2) is 53.6 Å². The Bertz CT molecular complexity index is 1360. The number of aromatic nitrogens is 3. The molecule has 2 N–H and O–H groups in total. The summed E-state index contributed by atoms with van der Waals surface area (Å²) in [5.41, 5.74) is 11.0. The van der Waals surface area contributed by atoms with Gasteiger partial charge in [0.2, 0.25) is 0 Å². The van der Waals surface area contributed by atoms with Crippen LogP contribution in [0.2, 0.25) is 0 Å². The SMILES string of the molecule is CCC(C)COC(=O)c1c(N)n(N=Cc2ccc(C(C)(C)C)cc2)c2nc3ccccc3nc12. The second-order valence-corrected chi connectivity index (χ2v) is 9.69. The lowest BCUT2D eigenvalue weighted by Crippen LogP contribution is -2.13. The van der Waals surface area contributed by atoms with Crippen LogP contribution < -0.4 is 5.73 Å². The molecule has 0 saturated carbocycles. The van der Waals surface area contributed by atoms with Crippen LogP contribution in [-0.2, 0) is 10.2 Å². The summed E-state index contributed by atoms with van der Waals surface area (Å²) in [6.45, 7) is 10.9. The number of hydrogen-bond donors (Lipinski definition) is 1. The molecule has 0 fully saturated rings. The van der Waals surface area contributed by atoms with Gasteiger partial charge in [0, 0.05) is 0 Å². The van der Waals surface area contributed by atoms with Crippen LogP contribution in [0.5, 0.6) is 0 Å². The van der Waals surface area contributed by atoms with Gasteiger partial charge in [-0.15, -0.1) is 0 Å². The van der Waals surface area contributed by atoms with E-state index in [-0.39, 0.29) is 22.7 Å². The van der Waals surface area contributed by atoms with Crippen LogP contribution in [0.3, 0.4) is 0 Å². The number of nitrogens with zero attached hydrogens (tertiary/aromatic N) is 4. The monoisotopic (exact) mass is 457 g/mol. The van der Waals surface area contributed by atoms with Gasteiger partial charge < -0.3 is 10.5 Å². The van der Waals surface area contributed by atoms with Gasteiger partial charge in [-0.25, -0.2) is 14.8 Å². The van der Waals surface area contributed by atoms with Crippen LogP contribution in [0.25, 0.3) is 22.2 Å². The maximum atomic E-state index is 13.0. The molecular formula is C27H31N5O2. The third kappa shape index (κ3) is 4.64. The van der Waals surface area contributed by atoms with Crippen LogP contribution in [0.4, 0.5) is 5.82 Å². The molecule has 0 spiro atoms. The Morgan fingerprint density at radius 3 is 2.38 bits per heavy atom. The lowest BCUT2D eigenvalue weighted by molar-refractivity contribution is 0.0450. The minimum absolute atomic E-state index is 0.0674. The standard InChI is InChI=1S/C27H31N5O2/c1-6-17(2)16-34-26(33)22-23-25(31-21-10-8-7-9-20(21)30-23)32(24(22)28)29-15-18-11-13-19(14-12-18)27(3,4)5/h7-15,17H,6,16,28H2,1-5H3. The van der Waals surface area contributed by atoms with Crippen molar-refractivity contribution in [2.24, 2.45) is 11.0 Å². The summed E-state index contributed by atoms with van der Waals surface area (Å²) in [6.07, 6.45) is 2.61. The number of para-hydroxylation sites is 2. The molecule has 0 bridgehead atoms. The van der Waals surface area contributed by atoms with Crippen molar-refractivity contribution in [1.29, 1.82) is 0 Å². The molecule has 1 unspecified atom stereocenters. The van der Waals surface area contributed by atoms with E-state index in [9.17, 15) is 4.79 Å². The molecule has 0 amide bonds. The molecule has 2 aromatic heterocycles. The largest absolute Gasteiger partial charge is 0.462 e. The number of ether oxygens (including phenoxy) is 1. The lowest BCUT2D eigenvalue weighted by Gasteiger charge is -2.18. The number of nitrogens with two attached hydrogens (primary N) is 1. The third-order valence-corrected chi connectivity index (χ3v) is 5.97. The van der Waals surface area contributed by atoms with Crippen LogP contribution in [-0.4, -0.2) is 33.4 Å². The number of nitrogen functional groups attached to an aromatic ring is 1. The van der Waals surface area contributed by atoms with Crippen LogP contribution in [0.1, 0.15) is 62.5 Å². The van der Waals surface area contributed by atoms with Gasteiger partial charge in [-0.2, -0.15) is 9.78 Å². The summed E-state index contributed by atoms with van der Waals surface area (Å²) in [5, 5.41) is 4.57. The number of fused-ring (bicyclic) bond motifs is 2. The summed E-state index contributed by atoms with van der Waals surface area (Å²) in [6, 6.07) is 15.7. The topological polar surface area (TPSA) is 95.4 Å². The molecule has 4 aromatic rings. The van der Waals surface area contributed by atoms with Gasteiger partial charge in [0.05, 0.1) is 23.9 Å². The first-order valence-electron chi connectivity index (χ1n) is 11.6. The zero-order chi connectivity index (χ0) is 24.5. The van der Waals surface area contributed by atoms with Gasteiger partial charge in [-0.3, -0.25) is 0 Å². The summed E-state index contributed by atoms with van der Waals surface area (Å²) in [5.74, 6) is -0.114. The van der Waals surface area contributed by atoms with Gasteiger partial charge in [-0.1, -0.05) is 77.4 Å². The molecule has 176 valence electrons. The number of rotatable bonds is 6. The fraction of sp³-hybridized carbons (Fsp3) is 0.333. The van der Waals surface area contributed by atoms with E-state index in [2.05, 4.69) is 49.9 Å². The maximum Gasteiger partial charge on any atom is 0.344 e. The Kier molecular flexibility index (Phi) is 6.37. The third-order valence-electron chi connectivity index (χ3n) is 5.97. The Morgan fingerprint density at radius 2 is 1.76 bits per heavy atom. The lowest BCUT2D eigenvalue weighted by atomic mass is 9.87. The number of benzene rings is 2. The normalized spacial score (nSPS) is 13.1. The van der Waals surface area contributed by atoms with Gasteiger partial charge in [-0.05, 0) is 34.6 Å². The van der Waals surface area contributed by atoms with E-state index < -0.39 is 5.97 Å². The average molecular weight is 458 g/mol. The van der Waals surface area contributed by atoms with Crippen LogP contribution >= 0.6 is 0 Å². The predicted octanol–water partition coefficient (Wildman–Crippen LogP) is 5.55. The smallest absolute Gasteiger partial charge is 0.344 e. The molecule has 0 saturated heterocycles. The average Bonchev–Trinajstić information content (AvgIpc) is 3.09. The van der Waals surface area contributed by atoms with E-state index in [1.807, 2.05) is 43.3 Å². The van der Waals surface area contributed by atoms with E-state index >= 15 is 0 Å². The Hall–Kier alpha value is -3.74. The zero-order valence-electron chi connectivity index (χ0n) is 20.4. The summed E-state index contributed by atoms with van der Waals surface area (Å²) < 4.78 is 7.02. The van der Waals surface area contributed by atoms with Crippen LogP contribution in [0, 0.1) is 5.92 Å². The van der Waals surface area contributed by atoms with Gasteiger partial charge in [0.25, 0.3) is 0 Å². The van der Waals surface area contributed by atoms with E-state index in [0.29, 0.717) is 28.8 Å². The minimum atomic E-state index is -0.518. The van der Waals surface area contributed by atoms with Crippen molar-refractivity contribution in [2.45, 2.75) is 46.5 Å². The van der Waals surface area contributed by atoms with Crippen molar-refractivity contribution in [3.63, 3.8) is 0 Å². The highest BCUT2D eigenvalue weighted by Gasteiger charge is 2.25. The number of carbonyl (C=O) groups excluding carboxylic acids is 1. The van der Waals surface area contributed by atoms with E-state index in [1.165, 1.54) is 10.2 Å². The second-order valence-electron chi connectivity index (χ2n) is 9.69. The molecule has 2 heterocycles. The maximum absolute atomic E-state index is 13.0. The molecule has 2 aromatic carbocycles. The molecule has 7 heteroatoms. The van der Waals surface area contributed by atoms with Gasteiger partial charge in [0.1, 0.15) is 16.9 Å². The Morgan fingerprint density at radius 1 is 1.12 bits per heavy atom. The fourth-order valence-corrected chi connectivity index (χ4v) is 3.57. The molecule has 34 heavy (non-hydrogen) atoms. The number of carbonyl (C=O) groups is 1. The first kappa shape index (κ1) is 23.4. The van der Waals surface area contributed by atoms with E-state index in [4.69, 9.17) is 15.5 Å². The molecule has 4 rings (SSSR count). The van der Waals surface area contributed by atoms with Crippen molar-refractivity contribution in [3.05, 3.63) is 65.2 Å². The Labute approximate surface area is 199 Å². The number of anilines is 1. The zero-order valence-corrected chi connectivity index (χ0v) is 20.4. The number of esters is 1. The van der Waals surface area contributed by atoms with Crippen molar-refractivity contribution in [2.75, 3.05) is 12.3 Å². The molecule has 7 nitrogen and oxygen atoms in total. The molecule has 0 aliphatic rings. The summed E-state index contributed by atoms with van der Waals surface area (Å²) in [4.78, 5) is 22.4. The minimum Gasteiger partial charge on any atom is -0.462 e. The molecule has 1 atom stereocenters. The van der Waals surface area contributed by atoms with E-state index in [1.54, 1.807) is 6.21 Å². The van der Waals surface area contributed by atoms with Crippen molar-refractivity contribution >= 4 is 40.2 Å². The van der Waals surface area contributed by atoms with E-state index in [0.717, 1.165) is 12.0 Å². The summed E-state index contributed by atoms with van der Waals surface area (Å²) >= 11 is 0. The Balaban J connectivity index is 1.79. The first-order chi connectivity index (χ1) is 16.2. The summed E-state index contributed by atoms with van der Waals surface area (Å²) in [7, 11) is 0. The second kappa shape index (κ2) is 9.25. The number of hydrogen-bond acceptors (Lipinski definition) is 6. The molecular weight excluding hydrogens is 426 g/mol. The highest BCUT2D eigenvalue weighted by molar-refractivity contribution is 6.08. The van der Waals surface area contributed by atoms with Gasteiger partial charge in [0.15, 0.2) is 5.65 Å². The van der Waals surface area contributed by atoms with Crippen molar-refractivity contribution < 1.29 is 9.53 Å². The molecule has 0 aliphatic carbocycles.